The van der Waals surface area contributed by atoms with Gasteiger partial charge >= 0.3 is 0 Å². The topological polar surface area (TPSA) is 219 Å². The van der Waals surface area contributed by atoms with Gasteiger partial charge in [0.1, 0.15) is 0 Å². The molecule has 0 aromatic rings. The lowest BCUT2D eigenvalue weighted by Gasteiger charge is -2.27. The van der Waals surface area contributed by atoms with Crippen molar-refractivity contribution in [3.05, 3.63) is 0 Å². The second kappa shape index (κ2) is 14.3. The maximum absolute atomic E-state index is 11.6. The Bertz CT molecular complexity index is 585. The van der Waals surface area contributed by atoms with Crippen LogP contribution in [0, 0.1) is 11.8 Å². The Hall–Kier alpha value is 0.250. The standard InChI is InChI=1S/C12H30NO13P3/c1-3-11(8-24-27(15,16)17)9-25-28(18,19)22-4-5-23-29(20,21)26-10-12(7-14)6-13-2/h11-14H,3-10H2,1-2H3,(H,18,19)(H,20,21)(H2,15,16,17)/p-3. The normalized spacial score (nSPS) is 20.4. The Morgan fingerprint density at radius 2 is 1.31 bits per heavy atom. The quantitative estimate of drug-likeness (QED) is 0.146. The molecule has 5 atom stereocenters. The van der Waals surface area contributed by atoms with Gasteiger partial charge in [0, 0.05) is 25.0 Å². The van der Waals surface area contributed by atoms with Gasteiger partial charge in [-0.1, -0.05) is 6.92 Å². The minimum Gasteiger partial charge on any atom is -0.756 e. The van der Waals surface area contributed by atoms with E-state index in [-0.39, 0.29) is 19.6 Å². The van der Waals surface area contributed by atoms with Gasteiger partial charge in [0.25, 0.3) is 23.5 Å². The molecule has 0 rings (SSSR count). The van der Waals surface area contributed by atoms with Crippen LogP contribution in [0.1, 0.15) is 13.3 Å². The molecule has 0 heterocycles. The van der Waals surface area contributed by atoms with Crippen molar-refractivity contribution in [2.24, 2.45) is 11.8 Å². The molecule has 0 aliphatic heterocycles. The second-order valence-corrected chi connectivity index (χ2v) is 9.81. The van der Waals surface area contributed by atoms with E-state index in [0.717, 1.165) is 0 Å². The number of rotatable bonds is 18. The lowest BCUT2D eigenvalue weighted by atomic mass is 10.1. The number of nitrogens with one attached hydrogen (secondary N) is 1. The summed E-state index contributed by atoms with van der Waals surface area (Å²) in [6.07, 6.45) is 0.280. The average Bonchev–Trinajstić information content (AvgIpc) is 2.61. The van der Waals surface area contributed by atoms with E-state index in [1.807, 2.05) is 0 Å². The predicted octanol–water partition coefficient (Wildman–Crippen LogP) is -1.68. The molecule has 176 valence electrons. The predicted molar refractivity (Wildman–Crippen MR) is 93.1 cm³/mol. The molecule has 0 spiro atoms. The third-order valence-electron chi connectivity index (χ3n) is 3.32. The van der Waals surface area contributed by atoms with Crippen LogP contribution in [0.25, 0.3) is 0 Å². The Kier molecular flexibility index (Phi) is 14.5. The number of aliphatic hydroxyl groups excluding tert-OH is 1. The molecule has 0 radical (unpaired) electrons. The van der Waals surface area contributed by atoms with Crippen LogP contribution < -0.4 is 20.0 Å². The molecule has 0 saturated carbocycles. The zero-order chi connectivity index (χ0) is 22.6. The summed E-state index contributed by atoms with van der Waals surface area (Å²) in [4.78, 5) is 42.2. The summed E-state index contributed by atoms with van der Waals surface area (Å²) in [5.41, 5.74) is 0. The van der Waals surface area contributed by atoms with Gasteiger partial charge in [-0.05, 0) is 13.5 Å². The van der Waals surface area contributed by atoms with E-state index in [0.29, 0.717) is 6.54 Å². The van der Waals surface area contributed by atoms with Crippen LogP contribution in [0.4, 0.5) is 0 Å². The van der Waals surface area contributed by atoms with Crippen molar-refractivity contribution < 1.29 is 61.0 Å². The van der Waals surface area contributed by atoms with Gasteiger partial charge in [0.05, 0.1) is 33.0 Å². The van der Waals surface area contributed by atoms with Gasteiger partial charge in [0.2, 0.25) is 0 Å². The number of hydrogen-bond donors (Lipinski definition) is 3. The highest BCUT2D eigenvalue weighted by Gasteiger charge is 2.18. The Morgan fingerprint density at radius 3 is 1.69 bits per heavy atom. The van der Waals surface area contributed by atoms with Crippen LogP contribution in [0.3, 0.4) is 0 Å². The van der Waals surface area contributed by atoms with E-state index in [4.69, 9.17) is 10.00 Å². The summed E-state index contributed by atoms with van der Waals surface area (Å²) in [6.45, 7) is -1.04. The fraction of sp³-hybridized carbons (Fsp3) is 1.00. The molecule has 0 fully saturated rings. The van der Waals surface area contributed by atoms with E-state index in [9.17, 15) is 28.4 Å². The highest BCUT2D eigenvalue weighted by molar-refractivity contribution is 7.46. The smallest absolute Gasteiger partial charge is 0.267 e. The molecule has 0 saturated heterocycles. The van der Waals surface area contributed by atoms with E-state index >= 15 is 0 Å². The minimum atomic E-state index is -4.94. The molecule has 0 amide bonds. The lowest BCUT2D eigenvalue weighted by Crippen LogP contribution is -2.27. The van der Waals surface area contributed by atoms with Crippen LogP contribution in [0.2, 0.25) is 0 Å². The second-order valence-electron chi connectivity index (χ2n) is 5.80. The molecule has 3 N–H and O–H groups in total. The monoisotopic (exact) mass is 486 g/mol. The Labute approximate surface area is 168 Å². The van der Waals surface area contributed by atoms with Gasteiger partial charge in [0.15, 0.2) is 0 Å². The fourth-order valence-electron chi connectivity index (χ4n) is 1.71. The molecule has 0 aliphatic rings. The molecule has 17 heteroatoms. The Balaban J connectivity index is 4.21. The minimum absolute atomic E-state index is 0.280. The number of phosphoric acid groups is 3. The fourth-order valence-corrected chi connectivity index (χ4v) is 3.65. The van der Waals surface area contributed by atoms with Crippen LogP contribution in [-0.4, -0.2) is 63.2 Å². The molecule has 0 aromatic heterocycles. The summed E-state index contributed by atoms with van der Waals surface area (Å²) in [5, 5.41) is 11.8. The molecule has 0 aliphatic carbocycles. The number of aliphatic hydroxyl groups is 1. The molecule has 0 bridgehead atoms. The first kappa shape index (κ1) is 29.2. The number of hydrogen-bond acceptors (Lipinski definition) is 13. The van der Waals surface area contributed by atoms with Gasteiger partial charge in [-0.3, -0.25) is 13.7 Å². The van der Waals surface area contributed by atoms with Gasteiger partial charge < -0.3 is 52.6 Å². The van der Waals surface area contributed by atoms with Crippen LogP contribution in [0.15, 0.2) is 0 Å². The molecule has 5 unspecified atom stereocenters. The third kappa shape index (κ3) is 16.6. The van der Waals surface area contributed by atoms with Crippen molar-refractivity contribution in [1.29, 1.82) is 0 Å². The third-order valence-corrected chi connectivity index (χ3v) is 5.72. The van der Waals surface area contributed by atoms with Crippen molar-refractivity contribution in [1.82, 2.24) is 5.32 Å². The Morgan fingerprint density at radius 1 is 0.862 bits per heavy atom. The summed E-state index contributed by atoms with van der Waals surface area (Å²) >= 11 is 0. The van der Waals surface area contributed by atoms with Crippen molar-refractivity contribution in [3.63, 3.8) is 0 Å². The van der Waals surface area contributed by atoms with E-state index in [2.05, 4.69) is 27.9 Å². The van der Waals surface area contributed by atoms with E-state index in [1.165, 1.54) is 0 Å². The highest BCUT2D eigenvalue weighted by Crippen LogP contribution is 2.41. The first-order valence-corrected chi connectivity index (χ1v) is 12.9. The van der Waals surface area contributed by atoms with Crippen LogP contribution >= 0.6 is 23.5 Å². The SMILES string of the molecule is CCC(COP(=O)([O-])O)COP(=O)([O-])OCCOP(=O)([O-])OCC(CO)CNC. The molecular formula is C12H27NO13P3-3. The van der Waals surface area contributed by atoms with Crippen LogP contribution in [0.5, 0.6) is 0 Å². The first-order valence-electron chi connectivity index (χ1n) is 8.48. The largest absolute Gasteiger partial charge is 0.756 e. The molecule has 0 aromatic carbocycles. The van der Waals surface area contributed by atoms with Crippen molar-refractivity contribution in [2.75, 3.05) is 53.2 Å². The lowest BCUT2D eigenvalue weighted by molar-refractivity contribution is -0.234. The van der Waals surface area contributed by atoms with Gasteiger partial charge in [-0.15, -0.1) is 0 Å². The maximum Gasteiger partial charge on any atom is 0.267 e. The summed E-state index contributed by atoms with van der Waals surface area (Å²) in [7, 11) is -12.9. The van der Waals surface area contributed by atoms with Gasteiger partial charge in [-0.2, -0.15) is 0 Å². The average molecular weight is 486 g/mol. The summed E-state index contributed by atoms with van der Waals surface area (Å²) in [5.74, 6) is -1.15. The van der Waals surface area contributed by atoms with Crippen LogP contribution in [-0.2, 0) is 36.3 Å². The summed E-state index contributed by atoms with van der Waals surface area (Å²) in [6, 6.07) is 0. The first-order chi connectivity index (χ1) is 13.3. The highest BCUT2D eigenvalue weighted by atomic mass is 31.2. The zero-order valence-corrected chi connectivity index (χ0v) is 18.7. The zero-order valence-electron chi connectivity index (χ0n) is 16.0. The van der Waals surface area contributed by atoms with Gasteiger partial charge in [-0.25, -0.2) is 0 Å². The number of phosphoric ester groups is 3. The molecule has 29 heavy (non-hydrogen) atoms. The molecular weight excluding hydrogens is 459 g/mol. The van der Waals surface area contributed by atoms with E-state index < -0.39 is 61.7 Å². The maximum atomic E-state index is 11.6. The van der Waals surface area contributed by atoms with Crippen molar-refractivity contribution in [3.8, 4) is 0 Å². The van der Waals surface area contributed by atoms with Crippen molar-refractivity contribution in [2.45, 2.75) is 13.3 Å². The van der Waals surface area contributed by atoms with Crippen molar-refractivity contribution >= 4 is 23.5 Å². The molecule has 14 nitrogen and oxygen atoms in total. The van der Waals surface area contributed by atoms with E-state index in [1.54, 1.807) is 14.0 Å². The summed E-state index contributed by atoms with van der Waals surface area (Å²) < 4.78 is 55.9.